The molecule has 2 atom stereocenters. The van der Waals surface area contributed by atoms with E-state index in [0.717, 1.165) is 22.9 Å². The molecule has 5 rings (SSSR count). The fourth-order valence-electron chi connectivity index (χ4n) is 3.80. The highest BCUT2D eigenvalue weighted by Crippen LogP contribution is 2.31. The summed E-state index contributed by atoms with van der Waals surface area (Å²) < 4.78 is 7.82. The van der Waals surface area contributed by atoms with Gasteiger partial charge in [-0.05, 0) is 17.9 Å². The molecule has 0 radical (unpaired) electrons. The summed E-state index contributed by atoms with van der Waals surface area (Å²) in [5.74, 6) is -0.0394. The summed E-state index contributed by atoms with van der Waals surface area (Å²) >= 11 is 0. The van der Waals surface area contributed by atoms with Crippen LogP contribution >= 0.6 is 0 Å². The summed E-state index contributed by atoms with van der Waals surface area (Å²) in [5.41, 5.74) is 1.46. The number of fused-ring (bicyclic) bond motifs is 4. The second-order valence-electron chi connectivity index (χ2n) is 6.51. The normalized spacial score (nSPS) is 22.5. The van der Waals surface area contributed by atoms with Gasteiger partial charge in [0, 0.05) is 24.7 Å². The molecule has 1 amide bonds. The molecule has 126 valence electrons. The van der Waals surface area contributed by atoms with E-state index in [0.29, 0.717) is 25.4 Å². The fraction of sp³-hybridized carbons (Fsp3) is 0.333. The van der Waals surface area contributed by atoms with Crippen LogP contribution in [0.2, 0.25) is 0 Å². The van der Waals surface area contributed by atoms with Crippen LogP contribution in [0, 0.1) is 0 Å². The first-order valence-electron chi connectivity index (χ1n) is 8.45. The van der Waals surface area contributed by atoms with Crippen molar-refractivity contribution < 1.29 is 9.53 Å². The van der Waals surface area contributed by atoms with Gasteiger partial charge in [0.2, 0.25) is 0 Å². The number of nitrogens with zero attached hydrogens (tertiary/aromatic N) is 5. The van der Waals surface area contributed by atoms with Crippen LogP contribution in [0.4, 0.5) is 0 Å². The number of hydrogen-bond donors (Lipinski definition) is 0. The zero-order valence-electron chi connectivity index (χ0n) is 13.6. The molecule has 3 aromatic rings. The number of aromatic nitrogens is 4. The number of rotatable bonds is 1. The van der Waals surface area contributed by atoms with Gasteiger partial charge in [0.05, 0.1) is 30.6 Å². The van der Waals surface area contributed by atoms with E-state index in [9.17, 15) is 4.79 Å². The monoisotopic (exact) mass is 335 g/mol. The van der Waals surface area contributed by atoms with Crippen molar-refractivity contribution in [2.24, 2.45) is 0 Å². The van der Waals surface area contributed by atoms with Gasteiger partial charge in [0.1, 0.15) is 5.69 Å². The average molecular weight is 335 g/mol. The van der Waals surface area contributed by atoms with Crippen molar-refractivity contribution in [1.29, 1.82) is 0 Å². The summed E-state index contributed by atoms with van der Waals surface area (Å²) in [4.78, 5) is 19.3. The largest absolute Gasteiger partial charge is 0.370 e. The topological polar surface area (TPSA) is 73.1 Å². The Labute approximate surface area is 144 Å². The highest BCUT2D eigenvalue weighted by molar-refractivity contribution is 6.05. The summed E-state index contributed by atoms with van der Waals surface area (Å²) in [6.07, 6.45) is 4.30. The van der Waals surface area contributed by atoms with E-state index in [-0.39, 0.29) is 18.1 Å². The molecule has 2 aliphatic heterocycles. The van der Waals surface area contributed by atoms with Crippen LogP contribution in [-0.2, 0) is 11.3 Å². The third kappa shape index (κ3) is 2.31. The van der Waals surface area contributed by atoms with Crippen LogP contribution in [0.25, 0.3) is 10.8 Å². The number of likely N-dealkylation sites (tertiary alicyclic amines) is 1. The number of carbonyl (C=O) groups excluding carboxylic acids is 1. The van der Waals surface area contributed by atoms with Gasteiger partial charge in [-0.25, -0.2) is 4.68 Å². The van der Waals surface area contributed by atoms with Crippen molar-refractivity contribution in [3.63, 3.8) is 0 Å². The SMILES string of the molecule is O=C(c1nccc2ccccc12)N1CCC2OCc3cnnn3C2C1. The molecular formula is C18H17N5O2. The van der Waals surface area contributed by atoms with Crippen molar-refractivity contribution in [3.05, 3.63) is 54.1 Å². The molecule has 2 aromatic heterocycles. The number of carbonyl (C=O) groups is 1. The Hall–Kier alpha value is -2.80. The standard InChI is InChI=1S/C18H17N5O2/c24-18(17-14-4-2-1-3-12(14)5-7-19-17)22-8-6-16-15(10-22)23-13(11-25-16)9-20-21-23/h1-5,7,9,15-16H,6,8,10-11H2. The number of piperidine rings is 1. The lowest BCUT2D eigenvalue weighted by molar-refractivity contribution is -0.0605. The van der Waals surface area contributed by atoms with Crippen molar-refractivity contribution >= 4 is 16.7 Å². The van der Waals surface area contributed by atoms with Crippen LogP contribution in [0.1, 0.15) is 28.6 Å². The van der Waals surface area contributed by atoms with E-state index >= 15 is 0 Å². The van der Waals surface area contributed by atoms with Gasteiger partial charge < -0.3 is 9.64 Å². The van der Waals surface area contributed by atoms with Crippen molar-refractivity contribution in [1.82, 2.24) is 24.9 Å². The first-order valence-corrected chi connectivity index (χ1v) is 8.45. The molecule has 0 spiro atoms. The number of pyridine rings is 1. The Morgan fingerprint density at radius 2 is 2.16 bits per heavy atom. The maximum Gasteiger partial charge on any atom is 0.273 e. The Bertz CT molecular complexity index is 948. The van der Waals surface area contributed by atoms with Crippen molar-refractivity contribution in [2.45, 2.75) is 25.2 Å². The molecule has 0 saturated carbocycles. The Morgan fingerprint density at radius 1 is 1.24 bits per heavy atom. The zero-order chi connectivity index (χ0) is 16.8. The first-order chi connectivity index (χ1) is 12.3. The Balaban J connectivity index is 1.47. The lowest BCUT2D eigenvalue weighted by Gasteiger charge is -2.40. The van der Waals surface area contributed by atoms with E-state index in [1.54, 1.807) is 12.4 Å². The number of hydrogen-bond acceptors (Lipinski definition) is 5. The van der Waals surface area contributed by atoms with E-state index in [4.69, 9.17) is 4.74 Å². The van der Waals surface area contributed by atoms with Gasteiger partial charge >= 0.3 is 0 Å². The maximum atomic E-state index is 13.1. The Kier molecular flexibility index (Phi) is 3.27. The van der Waals surface area contributed by atoms with Crippen molar-refractivity contribution in [2.75, 3.05) is 13.1 Å². The van der Waals surface area contributed by atoms with Crippen LogP contribution in [-0.4, -0.2) is 50.0 Å². The number of amides is 1. The molecule has 1 saturated heterocycles. The van der Waals surface area contributed by atoms with E-state index in [1.807, 2.05) is 39.9 Å². The number of ether oxygens (including phenoxy) is 1. The minimum absolute atomic E-state index is 0.0129. The third-order valence-electron chi connectivity index (χ3n) is 5.09. The lowest BCUT2D eigenvalue weighted by Crippen LogP contribution is -2.50. The lowest BCUT2D eigenvalue weighted by atomic mass is 9.99. The van der Waals surface area contributed by atoms with Gasteiger partial charge in [-0.1, -0.05) is 29.5 Å². The van der Waals surface area contributed by atoms with Crippen LogP contribution in [0.3, 0.4) is 0 Å². The zero-order valence-corrected chi connectivity index (χ0v) is 13.6. The van der Waals surface area contributed by atoms with Gasteiger partial charge in [-0.2, -0.15) is 0 Å². The van der Waals surface area contributed by atoms with Crippen LogP contribution in [0.5, 0.6) is 0 Å². The number of benzene rings is 1. The maximum absolute atomic E-state index is 13.1. The van der Waals surface area contributed by atoms with Gasteiger partial charge in [0.15, 0.2) is 0 Å². The molecule has 7 heteroatoms. The summed E-state index contributed by atoms with van der Waals surface area (Å²) in [7, 11) is 0. The van der Waals surface area contributed by atoms with Crippen LogP contribution < -0.4 is 0 Å². The third-order valence-corrected chi connectivity index (χ3v) is 5.09. The van der Waals surface area contributed by atoms with Crippen LogP contribution in [0.15, 0.2) is 42.7 Å². The van der Waals surface area contributed by atoms with Crippen molar-refractivity contribution in [3.8, 4) is 0 Å². The Morgan fingerprint density at radius 3 is 3.12 bits per heavy atom. The van der Waals surface area contributed by atoms with Gasteiger partial charge in [-0.15, -0.1) is 5.10 Å². The minimum Gasteiger partial charge on any atom is -0.370 e. The minimum atomic E-state index is -0.0394. The predicted octanol–water partition coefficient (Wildman–Crippen LogP) is 1.81. The fourth-order valence-corrected chi connectivity index (χ4v) is 3.80. The molecule has 0 bridgehead atoms. The molecule has 1 aromatic carbocycles. The second kappa shape index (κ2) is 5.63. The molecule has 2 unspecified atom stereocenters. The summed E-state index contributed by atoms with van der Waals surface area (Å²) in [6.45, 7) is 1.76. The molecule has 0 N–H and O–H groups in total. The van der Waals surface area contributed by atoms with E-state index < -0.39 is 0 Å². The average Bonchev–Trinajstić information content (AvgIpc) is 3.16. The van der Waals surface area contributed by atoms with Gasteiger partial charge in [0.25, 0.3) is 5.91 Å². The molecule has 1 fully saturated rings. The second-order valence-corrected chi connectivity index (χ2v) is 6.51. The molecule has 4 heterocycles. The van der Waals surface area contributed by atoms with E-state index in [2.05, 4.69) is 15.3 Å². The molecular weight excluding hydrogens is 318 g/mol. The molecule has 25 heavy (non-hydrogen) atoms. The van der Waals surface area contributed by atoms with Gasteiger partial charge in [-0.3, -0.25) is 9.78 Å². The first kappa shape index (κ1) is 14.5. The quantitative estimate of drug-likeness (QED) is 0.678. The molecule has 0 aliphatic carbocycles. The molecule has 7 nitrogen and oxygen atoms in total. The predicted molar refractivity (Wildman–Crippen MR) is 89.9 cm³/mol. The molecule has 2 aliphatic rings. The van der Waals surface area contributed by atoms with E-state index in [1.165, 1.54) is 0 Å². The smallest absolute Gasteiger partial charge is 0.273 e. The highest BCUT2D eigenvalue weighted by atomic mass is 16.5. The summed E-state index contributed by atoms with van der Waals surface area (Å²) in [6, 6.07) is 9.78. The summed E-state index contributed by atoms with van der Waals surface area (Å²) in [5, 5.41) is 10.1. The highest BCUT2D eigenvalue weighted by Gasteiger charge is 2.38.